The summed E-state index contributed by atoms with van der Waals surface area (Å²) in [6.07, 6.45) is 0.404. The van der Waals surface area contributed by atoms with Crippen LogP contribution in [0.2, 0.25) is 5.02 Å². The highest BCUT2D eigenvalue weighted by Crippen LogP contribution is 2.15. The van der Waals surface area contributed by atoms with Crippen molar-refractivity contribution in [3.8, 4) is 0 Å². The third-order valence-corrected chi connectivity index (χ3v) is 4.77. The van der Waals surface area contributed by atoms with Crippen molar-refractivity contribution >= 4 is 35.2 Å². The molecule has 0 aromatic heterocycles. The van der Waals surface area contributed by atoms with Gasteiger partial charge >= 0.3 is 5.97 Å². The summed E-state index contributed by atoms with van der Waals surface area (Å²) < 4.78 is 4.80. The Hall–Kier alpha value is -1.98. The molecule has 132 valence electrons. The van der Waals surface area contributed by atoms with Gasteiger partial charge in [0, 0.05) is 17.2 Å². The molecule has 1 N–H and O–H groups in total. The summed E-state index contributed by atoms with van der Waals surface area (Å²) in [5, 5.41) is 3.44. The number of halogens is 1. The van der Waals surface area contributed by atoms with Crippen LogP contribution in [-0.4, -0.2) is 30.8 Å². The first-order valence-corrected chi connectivity index (χ1v) is 9.35. The van der Waals surface area contributed by atoms with E-state index in [1.54, 1.807) is 0 Å². The van der Waals surface area contributed by atoms with E-state index in [0.29, 0.717) is 17.2 Å². The fraction of sp³-hybridized carbons (Fsp3) is 0.263. The van der Waals surface area contributed by atoms with E-state index in [1.807, 2.05) is 54.6 Å². The minimum atomic E-state index is -0.684. The van der Waals surface area contributed by atoms with E-state index in [0.717, 1.165) is 11.1 Å². The molecule has 2 aromatic carbocycles. The third-order valence-electron chi connectivity index (χ3n) is 3.52. The second kappa shape index (κ2) is 10.1. The lowest BCUT2D eigenvalue weighted by Crippen LogP contribution is -2.43. The quantitative estimate of drug-likeness (QED) is 0.715. The van der Waals surface area contributed by atoms with Crippen LogP contribution in [0, 0.1) is 0 Å². The molecule has 0 aliphatic rings. The number of carbonyl (C=O) groups excluding carboxylic acids is 2. The molecule has 0 spiro atoms. The standard InChI is InChI=1S/C19H20ClNO3S/c1-24-19(23)17(11-14-5-3-2-4-6-14)21-18(22)13-25-12-15-7-9-16(20)10-8-15/h2-10,17H,11-13H2,1H3,(H,21,22)/t17-/m1/s1. The molecule has 0 aliphatic carbocycles. The van der Waals surface area contributed by atoms with E-state index in [1.165, 1.54) is 18.9 Å². The van der Waals surface area contributed by atoms with Crippen molar-refractivity contribution in [2.24, 2.45) is 0 Å². The number of carbonyl (C=O) groups is 2. The van der Waals surface area contributed by atoms with E-state index in [2.05, 4.69) is 5.32 Å². The molecule has 6 heteroatoms. The van der Waals surface area contributed by atoms with E-state index in [9.17, 15) is 9.59 Å². The summed E-state index contributed by atoms with van der Waals surface area (Å²) >= 11 is 7.33. The molecule has 0 aliphatic heterocycles. The predicted octanol–water partition coefficient (Wildman–Crippen LogP) is 3.47. The molecule has 0 radical (unpaired) electrons. The van der Waals surface area contributed by atoms with Crippen molar-refractivity contribution in [3.63, 3.8) is 0 Å². The molecule has 0 saturated carbocycles. The van der Waals surface area contributed by atoms with Gasteiger partial charge in [-0.25, -0.2) is 4.79 Å². The Morgan fingerprint density at radius 1 is 1.08 bits per heavy atom. The lowest BCUT2D eigenvalue weighted by Gasteiger charge is -2.16. The van der Waals surface area contributed by atoms with Crippen molar-refractivity contribution in [2.75, 3.05) is 12.9 Å². The molecule has 0 bridgehead atoms. The third kappa shape index (κ3) is 6.80. The summed E-state index contributed by atoms with van der Waals surface area (Å²) in [6.45, 7) is 0. The lowest BCUT2D eigenvalue weighted by molar-refractivity contribution is -0.144. The summed E-state index contributed by atoms with van der Waals surface area (Å²) in [5.41, 5.74) is 2.06. The fourth-order valence-corrected chi connectivity index (χ4v) is 3.19. The molecule has 1 atom stereocenters. The summed E-state index contributed by atoms with van der Waals surface area (Å²) in [6, 6.07) is 16.4. The molecule has 0 fully saturated rings. The van der Waals surface area contributed by atoms with Gasteiger partial charge in [-0.15, -0.1) is 11.8 Å². The van der Waals surface area contributed by atoms with Crippen LogP contribution in [0.15, 0.2) is 54.6 Å². The van der Waals surface area contributed by atoms with Crippen molar-refractivity contribution in [2.45, 2.75) is 18.2 Å². The fourth-order valence-electron chi connectivity index (χ4n) is 2.26. The zero-order chi connectivity index (χ0) is 18.1. The molecule has 25 heavy (non-hydrogen) atoms. The Labute approximate surface area is 156 Å². The highest BCUT2D eigenvalue weighted by Gasteiger charge is 2.21. The van der Waals surface area contributed by atoms with Crippen LogP contribution in [0.3, 0.4) is 0 Å². The maximum Gasteiger partial charge on any atom is 0.328 e. The highest BCUT2D eigenvalue weighted by atomic mass is 35.5. The number of methoxy groups -OCH3 is 1. The van der Waals surface area contributed by atoms with Gasteiger partial charge < -0.3 is 10.1 Å². The van der Waals surface area contributed by atoms with Gasteiger partial charge in [0.25, 0.3) is 0 Å². The number of esters is 1. The first-order chi connectivity index (χ1) is 12.1. The van der Waals surface area contributed by atoms with Crippen molar-refractivity contribution in [1.82, 2.24) is 5.32 Å². The van der Waals surface area contributed by atoms with Crippen LogP contribution in [0.1, 0.15) is 11.1 Å². The average molecular weight is 378 g/mol. The first-order valence-electron chi connectivity index (χ1n) is 7.82. The number of hydrogen-bond acceptors (Lipinski definition) is 4. The number of ether oxygens (including phenoxy) is 1. The van der Waals surface area contributed by atoms with E-state index >= 15 is 0 Å². The number of thioether (sulfide) groups is 1. The van der Waals surface area contributed by atoms with Crippen LogP contribution < -0.4 is 5.32 Å². The van der Waals surface area contributed by atoms with Gasteiger partial charge in [-0.05, 0) is 23.3 Å². The first kappa shape index (κ1) is 19.3. The predicted molar refractivity (Wildman–Crippen MR) is 102 cm³/mol. The van der Waals surface area contributed by atoms with Crippen LogP contribution in [0.5, 0.6) is 0 Å². The van der Waals surface area contributed by atoms with Gasteiger partial charge in [-0.1, -0.05) is 54.1 Å². The Morgan fingerprint density at radius 2 is 1.76 bits per heavy atom. The molecule has 2 rings (SSSR count). The Kier molecular flexibility index (Phi) is 7.82. The summed E-state index contributed by atoms with van der Waals surface area (Å²) in [4.78, 5) is 24.1. The normalized spacial score (nSPS) is 11.6. The second-order valence-electron chi connectivity index (χ2n) is 5.45. The molecular formula is C19H20ClNO3S. The van der Waals surface area contributed by atoms with Crippen LogP contribution in [0.25, 0.3) is 0 Å². The number of rotatable bonds is 8. The van der Waals surface area contributed by atoms with Gasteiger partial charge in [0.1, 0.15) is 6.04 Å². The minimum Gasteiger partial charge on any atom is -0.467 e. The molecular weight excluding hydrogens is 358 g/mol. The molecule has 1 amide bonds. The minimum absolute atomic E-state index is 0.190. The SMILES string of the molecule is COC(=O)[C@@H](Cc1ccccc1)NC(=O)CSCc1ccc(Cl)cc1. The maximum atomic E-state index is 12.1. The molecule has 4 nitrogen and oxygen atoms in total. The second-order valence-corrected chi connectivity index (χ2v) is 6.87. The van der Waals surface area contributed by atoms with Crippen LogP contribution in [-0.2, 0) is 26.5 Å². The summed E-state index contributed by atoms with van der Waals surface area (Å²) in [5.74, 6) is 0.335. The zero-order valence-corrected chi connectivity index (χ0v) is 15.5. The average Bonchev–Trinajstić information content (AvgIpc) is 2.63. The Morgan fingerprint density at radius 3 is 2.40 bits per heavy atom. The smallest absolute Gasteiger partial charge is 0.328 e. The Balaban J connectivity index is 1.84. The largest absolute Gasteiger partial charge is 0.467 e. The number of nitrogens with one attached hydrogen (secondary N) is 1. The van der Waals surface area contributed by atoms with Gasteiger partial charge in [-0.2, -0.15) is 0 Å². The van der Waals surface area contributed by atoms with E-state index in [4.69, 9.17) is 16.3 Å². The van der Waals surface area contributed by atoms with Crippen molar-refractivity contribution < 1.29 is 14.3 Å². The topological polar surface area (TPSA) is 55.4 Å². The van der Waals surface area contributed by atoms with Crippen molar-refractivity contribution in [1.29, 1.82) is 0 Å². The monoisotopic (exact) mass is 377 g/mol. The molecule has 2 aromatic rings. The molecule has 0 heterocycles. The van der Waals surface area contributed by atoms with Crippen LogP contribution in [0.4, 0.5) is 0 Å². The highest BCUT2D eigenvalue weighted by molar-refractivity contribution is 7.99. The zero-order valence-electron chi connectivity index (χ0n) is 13.9. The van der Waals surface area contributed by atoms with Crippen LogP contribution >= 0.6 is 23.4 Å². The number of amides is 1. The molecule has 0 unspecified atom stereocenters. The van der Waals surface area contributed by atoms with E-state index < -0.39 is 12.0 Å². The number of hydrogen-bond donors (Lipinski definition) is 1. The van der Waals surface area contributed by atoms with Gasteiger partial charge in [0.2, 0.25) is 5.91 Å². The lowest BCUT2D eigenvalue weighted by atomic mass is 10.1. The summed E-state index contributed by atoms with van der Waals surface area (Å²) in [7, 11) is 1.32. The molecule has 0 saturated heterocycles. The van der Waals surface area contributed by atoms with Gasteiger partial charge in [0.05, 0.1) is 12.9 Å². The van der Waals surface area contributed by atoms with Crippen molar-refractivity contribution in [3.05, 3.63) is 70.7 Å². The maximum absolute atomic E-state index is 12.1. The van der Waals surface area contributed by atoms with Gasteiger partial charge in [0.15, 0.2) is 0 Å². The van der Waals surface area contributed by atoms with E-state index in [-0.39, 0.29) is 11.7 Å². The van der Waals surface area contributed by atoms with Gasteiger partial charge in [-0.3, -0.25) is 4.79 Å². The Bertz CT molecular complexity index is 692. The number of benzene rings is 2.